The normalized spacial score (nSPS) is 11.6. The zero-order chi connectivity index (χ0) is 16.2. The molecule has 0 unspecified atom stereocenters. The van der Waals surface area contributed by atoms with E-state index in [0.717, 1.165) is 12.8 Å². The zero-order valence-corrected chi connectivity index (χ0v) is 14.0. The molecule has 22 heavy (non-hydrogen) atoms. The highest BCUT2D eigenvalue weighted by atomic mass is 32.2. The van der Waals surface area contributed by atoms with E-state index in [9.17, 15) is 8.42 Å². The molecule has 0 fully saturated rings. The molecule has 0 atom stereocenters. The summed E-state index contributed by atoms with van der Waals surface area (Å²) < 4.78 is 32.3. The van der Waals surface area contributed by atoms with Crippen molar-refractivity contribution in [3.8, 4) is 0 Å². The summed E-state index contributed by atoms with van der Waals surface area (Å²) in [6.07, 6.45) is 4.57. The minimum atomic E-state index is -3.67. The summed E-state index contributed by atoms with van der Waals surface area (Å²) in [6, 6.07) is 7.50. The molecule has 0 aliphatic heterocycles. The van der Waals surface area contributed by atoms with Gasteiger partial charge in [0.25, 0.3) is 10.0 Å². The van der Waals surface area contributed by atoms with E-state index in [-0.39, 0.29) is 4.90 Å². The van der Waals surface area contributed by atoms with Gasteiger partial charge < -0.3 is 4.52 Å². The molecule has 0 saturated heterocycles. The number of aryl methyl sites for hydroxylation is 3. The lowest BCUT2D eigenvalue weighted by Crippen LogP contribution is -2.14. The number of nitrogens with zero attached hydrogens (tertiary/aromatic N) is 1. The van der Waals surface area contributed by atoms with E-state index in [1.807, 2.05) is 12.1 Å². The van der Waals surface area contributed by atoms with Gasteiger partial charge in [0, 0.05) is 5.69 Å². The minimum absolute atomic E-state index is 0.111. The molecule has 2 rings (SSSR count). The van der Waals surface area contributed by atoms with Gasteiger partial charge in [-0.2, -0.15) is 0 Å². The summed E-state index contributed by atoms with van der Waals surface area (Å²) in [5.41, 5.74) is 2.12. The highest BCUT2D eigenvalue weighted by Gasteiger charge is 2.24. The summed E-state index contributed by atoms with van der Waals surface area (Å²) in [6.45, 7) is 5.37. The third-order valence-electron chi connectivity index (χ3n) is 3.51. The monoisotopic (exact) mass is 322 g/mol. The molecule has 0 bridgehead atoms. The fourth-order valence-corrected chi connectivity index (χ4v) is 3.77. The van der Waals surface area contributed by atoms with E-state index in [0.29, 0.717) is 17.1 Å². The van der Waals surface area contributed by atoms with Gasteiger partial charge in [0.2, 0.25) is 0 Å². The highest BCUT2D eigenvalue weighted by Crippen LogP contribution is 2.22. The molecule has 1 heterocycles. The molecule has 0 radical (unpaired) electrons. The molecule has 1 N–H and O–H groups in total. The van der Waals surface area contributed by atoms with Gasteiger partial charge in [0.05, 0.1) is 0 Å². The number of rotatable bonds is 7. The number of anilines is 1. The first-order valence-corrected chi connectivity index (χ1v) is 8.97. The quantitative estimate of drug-likeness (QED) is 0.786. The van der Waals surface area contributed by atoms with Crippen LogP contribution in [-0.2, 0) is 16.4 Å². The van der Waals surface area contributed by atoms with Crippen LogP contribution in [0.3, 0.4) is 0 Å². The van der Waals surface area contributed by atoms with Crippen LogP contribution in [-0.4, -0.2) is 13.6 Å². The second-order valence-corrected chi connectivity index (χ2v) is 7.03. The Morgan fingerprint density at radius 2 is 1.82 bits per heavy atom. The molecule has 5 nitrogen and oxygen atoms in total. The summed E-state index contributed by atoms with van der Waals surface area (Å²) >= 11 is 0. The molecule has 0 saturated carbocycles. The SMILES string of the molecule is CCCCCc1ccc(NS(=O)(=O)c2c(C)noc2C)cc1. The summed E-state index contributed by atoms with van der Waals surface area (Å²) in [5.74, 6) is 0.293. The average molecular weight is 322 g/mol. The third kappa shape index (κ3) is 3.88. The molecular weight excluding hydrogens is 300 g/mol. The Hall–Kier alpha value is -1.82. The predicted octanol–water partition coefficient (Wildman–Crippen LogP) is 3.82. The van der Waals surface area contributed by atoms with Crippen molar-refractivity contribution < 1.29 is 12.9 Å². The van der Waals surface area contributed by atoms with Crippen LogP contribution >= 0.6 is 0 Å². The number of sulfonamides is 1. The van der Waals surface area contributed by atoms with E-state index in [1.165, 1.54) is 18.4 Å². The maximum Gasteiger partial charge on any atom is 0.267 e. The van der Waals surface area contributed by atoms with Gasteiger partial charge in [-0.3, -0.25) is 4.72 Å². The molecule has 120 valence electrons. The van der Waals surface area contributed by atoms with Crippen molar-refractivity contribution in [1.29, 1.82) is 0 Å². The number of hydrogen-bond donors (Lipinski definition) is 1. The Bertz CT molecular complexity index is 699. The van der Waals surface area contributed by atoms with Crippen LogP contribution in [0.15, 0.2) is 33.7 Å². The van der Waals surface area contributed by atoms with E-state index < -0.39 is 10.0 Å². The largest absolute Gasteiger partial charge is 0.360 e. The fourth-order valence-electron chi connectivity index (χ4n) is 2.38. The van der Waals surface area contributed by atoms with Crippen LogP contribution in [0.4, 0.5) is 5.69 Å². The average Bonchev–Trinajstić information content (AvgIpc) is 2.81. The number of hydrogen-bond acceptors (Lipinski definition) is 4. The Morgan fingerprint density at radius 3 is 2.36 bits per heavy atom. The summed E-state index contributed by atoms with van der Waals surface area (Å²) in [4.78, 5) is 0.111. The van der Waals surface area contributed by atoms with Gasteiger partial charge in [0.1, 0.15) is 5.69 Å². The zero-order valence-electron chi connectivity index (χ0n) is 13.2. The maximum absolute atomic E-state index is 12.4. The van der Waals surface area contributed by atoms with Crippen LogP contribution in [0, 0.1) is 13.8 Å². The van der Waals surface area contributed by atoms with Gasteiger partial charge in [0.15, 0.2) is 10.7 Å². The topological polar surface area (TPSA) is 72.2 Å². The van der Waals surface area contributed by atoms with Crippen molar-refractivity contribution in [3.63, 3.8) is 0 Å². The molecule has 2 aromatic rings. The van der Waals surface area contributed by atoms with Gasteiger partial charge in [-0.15, -0.1) is 0 Å². The van der Waals surface area contributed by atoms with Gasteiger partial charge in [-0.25, -0.2) is 8.42 Å². The molecule has 0 aliphatic rings. The lowest BCUT2D eigenvalue weighted by Gasteiger charge is -2.08. The van der Waals surface area contributed by atoms with Crippen molar-refractivity contribution in [2.75, 3.05) is 4.72 Å². The number of unbranched alkanes of at least 4 members (excludes halogenated alkanes) is 2. The van der Waals surface area contributed by atoms with Crippen molar-refractivity contribution in [3.05, 3.63) is 41.3 Å². The van der Waals surface area contributed by atoms with Crippen LogP contribution in [0.5, 0.6) is 0 Å². The van der Waals surface area contributed by atoms with E-state index in [1.54, 1.807) is 26.0 Å². The smallest absolute Gasteiger partial charge is 0.267 e. The fraction of sp³-hybridized carbons (Fsp3) is 0.438. The number of benzene rings is 1. The standard InChI is InChI=1S/C16H22N2O3S/c1-4-5-6-7-14-8-10-15(11-9-14)18-22(19,20)16-12(2)17-21-13(16)3/h8-11,18H,4-7H2,1-3H3. The molecule has 0 spiro atoms. The first-order valence-electron chi connectivity index (χ1n) is 7.48. The Balaban J connectivity index is 2.10. The predicted molar refractivity (Wildman–Crippen MR) is 86.5 cm³/mol. The molecule has 6 heteroatoms. The van der Waals surface area contributed by atoms with Crippen molar-refractivity contribution in [2.45, 2.75) is 51.3 Å². The maximum atomic E-state index is 12.4. The lowest BCUT2D eigenvalue weighted by molar-refractivity contribution is 0.390. The minimum Gasteiger partial charge on any atom is -0.360 e. The van der Waals surface area contributed by atoms with E-state index in [4.69, 9.17) is 4.52 Å². The van der Waals surface area contributed by atoms with Crippen LogP contribution < -0.4 is 4.72 Å². The second kappa shape index (κ2) is 6.96. The van der Waals surface area contributed by atoms with E-state index in [2.05, 4.69) is 16.8 Å². The van der Waals surface area contributed by atoms with Gasteiger partial charge in [-0.1, -0.05) is 37.1 Å². The number of aromatic nitrogens is 1. The molecule has 1 aromatic carbocycles. The van der Waals surface area contributed by atoms with Gasteiger partial charge >= 0.3 is 0 Å². The Kier molecular flexibility index (Phi) is 5.24. The van der Waals surface area contributed by atoms with E-state index >= 15 is 0 Å². The van der Waals surface area contributed by atoms with Crippen molar-refractivity contribution in [2.24, 2.45) is 0 Å². The molecule has 1 aromatic heterocycles. The summed E-state index contributed by atoms with van der Waals surface area (Å²) in [5, 5.41) is 3.69. The third-order valence-corrected chi connectivity index (χ3v) is 5.14. The highest BCUT2D eigenvalue weighted by molar-refractivity contribution is 7.92. The lowest BCUT2D eigenvalue weighted by atomic mass is 10.1. The van der Waals surface area contributed by atoms with Crippen molar-refractivity contribution in [1.82, 2.24) is 5.16 Å². The first kappa shape index (κ1) is 16.5. The van der Waals surface area contributed by atoms with Crippen LogP contribution in [0.2, 0.25) is 0 Å². The number of nitrogens with one attached hydrogen (secondary N) is 1. The molecular formula is C16H22N2O3S. The Morgan fingerprint density at radius 1 is 1.14 bits per heavy atom. The van der Waals surface area contributed by atoms with Crippen LogP contribution in [0.25, 0.3) is 0 Å². The molecule has 0 aliphatic carbocycles. The van der Waals surface area contributed by atoms with Crippen LogP contribution in [0.1, 0.15) is 43.2 Å². The Labute approximate surface area is 131 Å². The van der Waals surface area contributed by atoms with Crippen molar-refractivity contribution >= 4 is 15.7 Å². The first-order chi connectivity index (χ1) is 10.4. The summed E-state index contributed by atoms with van der Waals surface area (Å²) in [7, 11) is -3.67. The molecule has 0 amide bonds. The van der Waals surface area contributed by atoms with Gasteiger partial charge in [-0.05, 0) is 44.4 Å². The second-order valence-electron chi connectivity index (χ2n) is 5.41.